The van der Waals surface area contributed by atoms with Crippen molar-refractivity contribution in [1.82, 2.24) is 0 Å². The summed E-state index contributed by atoms with van der Waals surface area (Å²) in [7, 11) is 3.17. The Hall–Kier alpha value is 0.780. The van der Waals surface area contributed by atoms with Gasteiger partial charge in [-0.05, 0) is 30.0 Å². The van der Waals surface area contributed by atoms with Crippen LogP contribution in [0.1, 0.15) is 0 Å². The van der Waals surface area contributed by atoms with Crippen LogP contribution < -0.4 is 0 Å². The van der Waals surface area contributed by atoms with Gasteiger partial charge in [-0.1, -0.05) is 29.0 Å². The minimum absolute atomic E-state index is 0.743. The van der Waals surface area contributed by atoms with Gasteiger partial charge in [0.1, 0.15) is 0 Å². The second-order valence-corrected chi connectivity index (χ2v) is 11.0. The molecule has 7 heteroatoms. The van der Waals surface area contributed by atoms with Crippen LogP contribution in [0.2, 0.25) is 5.02 Å². The van der Waals surface area contributed by atoms with Gasteiger partial charge in [-0.2, -0.15) is 0 Å². The van der Waals surface area contributed by atoms with E-state index in [0.717, 1.165) is 15.0 Å². The predicted octanol–water partition coefficient (Wildman–Crippen LogP) is 4.64. The van der Waals surface area contributed by atoms with Crippen molar-refractivity contribution in [3.8, 4) is 0 Å². The monoisotopic (exact) mass is 314 g/mol. The summed E-state index contributed by atoms with van der Waals surface area (Å²) in [5.74, 6) is 0. The lowest BCUT2D eigenvalue weighted by Gasteiger charge is -2.15. The highest BCUT2D eigenvalue weighted by atomic mass is 35.5. The SMILES string of the molecule is COP(=S)(OC)SCSc1cccc(Cl)c1. The van der Waals surface area contributed by atoms with Crippen LogP contribution >= 0.6 is 40.4 Å². The van der Waals surface area contributed by atoms with Gasteiger partial charge in [0.25, 0.3) is 0 Å². The first-order valence-electron chi connectivity index (χ1n) is 4.34. The van der Waals surface area contributed by atoms with E-state index in [2.05, 4.69) is 0 Å². The minimum atomic E-state index is -2.13. The number of thioether (sulfide) groups is 1. The molecule has 0 fully saturated rings. The molecule has 0 aromatic heterocycles. The first kappa shape index (κ1) is 14.8. The average molecular weight is 315 g/mol. The third kappa shape index (κ3) is 4.96. The van der Waals surface area contributed by atoms with Gasteiger partial charge in [-0.15, -0.1) is 11.8 Å². The Kier molecular flexibility index (Phi) is 6.74. The molecule has 90 valence electrons. The summed E-state index contributed by atoms with van der Waals surface area (Å²) in [6, 6.07) is 7.72. The second kappa shape index (κ2) is 7.27. The molecule has 0 bridgehead atoms. The van der Waals surface area contributed by atoms with Crippen LogP contribution in [0.5, 0.6) is 0 Å². The first-order valence-corrected chi connectivity index (χ1v) is 9.93. The van der Waals surface area contributed by atoms with Gasteiger partial charge in [-0.3, -0.25) is 0 Å². The third-order valence-electron chi connectivity index (χ3n) is 1.68. The Morgan fingerprint density at radius 1 is 1.38 bits per heavy atom. The van der Waals surface area contributed by atoms with Crippen LogP contribution in [0.3, 0.4) is 0 Å². The van der Waals surface area contributed by atoms with E-state index in [0.29, 0.717) is 0 Å². The van der Waals surface area contributed by atoms with Gasteiger partial charge in [-0.25, -0.2) is 0 Å². The summed E-state index contributed by atoms with van der Waals surface area (Å²) in [6.45, 7) is 0. The van der Waals surface area contributed by atoms with Crippen molar-refractivity contribution in [1.29, 1.82) is 0 Å². The van der Waals surface area contributed by atoms with Crippen LogP contribution in [-0.2, 0) is 20.9 Å². The first-order chi connectivity index (χ1) is 7.59. The zero-order chi connectivity index (χ0) is 12.0. The van der Waals surface area contributed by atoms with E-state index < -0.39 is 5.69 Å². The molecule has 1 aromatic rings. The van der Waals surface area contributed by atoms with Gasteiger partial charge in [0, 0.05) is 24.1 Å². The van der Waals surface area contributed by atoms with Gasteiger partial charge >= 0.3 is 0 Å². The molecule has 0 unspecified atom stereocenters. The Morgan fingerprint density at radius 2 is 2.06 bits per heavy atom. The number of hydrogen-bond acceptors (Lipinski definition) is 5. The average Bonchev–Trinajstić information content (AvgIpc) is 2.29. The lowest BCUT2D eigenvalue weighted by Crippen LogP contribution is -1.83. The highest BCUT2D eigenvalue weighted by Crippen LogP contribution is 2.60. The van der Waals surface area contributed by atoms with E-state index in [1.165, 1.54) is 11.4 Å². The summed E-state index contributed by atoms with van der Waals surface area (Å²) in [6.07, 6.45) is 0. The molecule has 0 saturated heterocycles. The summed E-state index contributed by atoms with van der Waals surface area (Å²) in [5, 5.41) is 1.53. The van der Waals surface area contributed by atoms with E-state index in [1.54, 1.807) is 26.0 Å². The molecule has 0 aliphatic heterocycles. The Labute approximate surface area is 114 Å². The molecule has 0 heterocycles. The van der Waals surface area contributed by atoms with Crippen molar-refractivity contribution >= 4 is 52.2 Å². The number of hydrogen-bond donors (Lipinski definition) is 0. The van der Waals surface area contributed by atoms with Gasteiger partial charge in [0.2, 0.25) is 5.69 Å². The zero-order valence-electron chi connectivity index (χ0n) is 8.88. The molecule has 0 radical (unpaired) electrons. The molecule has 0 N–H and O–H groups in total. The van der Waals surface area contributed by atoms with E-state index in [-0.39, 0.29) is 0 Å². The van der Waals surface area contributed by atoms with E-state index in [1.807, 2.05) is 24.3 Å². The molecule has 1 aromatic carbocycles. The predicted molar refractivity (Wildman–Crippen MR) is 78.1 cm³/mol. The molecule has 0 aliphatic carbocycles. The van der Waals surface area contributed by atoms with Crippen molar-refractivity contribution < 1.29 is 9.05 Å². The molecule has 1 rings (SSSR count). The Morgan fingerprint density at radius 3 is 2.62 bits per heavy atom. The smallest absolute Gasteiger partial charge is 0.247 e. The summed E-state index contributed by atoms with van der Waals surface area (Å²) < 4.78 is 10.4. The maximum absolute atomic E-state index is 5.89. The minimum Gasteiger partial charge on any atom is -0.325 e. The van der Waals surface area contributed by atoms with Gasteiger partial charge in [0.15, 0.2) is 0 Å². The lowest BCUT2D eigenvalue weighted by molar-refractivity contribution is 0.354. The van der Waals surface area contributed by atoms with E-state index in [4.69, 9.17) is 32.5 Å². The maximum Gasteiger partial charge on any atom is 0.247 e. The quantitative estimate of drug-likeness (QED) is 0.431. The highest BCUT2D eigenvalue weighted by Gasteiger charge is 2.15. The van der Waals surface area contributed by atoms with Gasteiger partial charge < -0.3 is 9.05 Å². The molecular formula is C9H12ClO2PS3. The highest BCUT2D eigenvalue weighted by molar-refractivity contribution is 8.69. The summed E-state index contributed by atoms with van der Waals surface area (Å²) >= 11 is 14.3. The largest absolute Gasteiger partial charge is 0.325 e. The fourth-order valence-corrected chi connectivity index (χ4v) is 6.60. The maximum atomic E-state index is 5.89. The second-order valence-electron chi connectivity index (χ2n) is 2.66. The molecule has 2 nitrogen and oxygen atoms in total. The lowest BCUT2D eigenvalue weighted by atomic mass is 10.4. The summed E-state index contributed by atoms with van der Waals surface area (Å²) in [5.41, 5.74) is -2.13. The van der Waals surface area contributed by atoms with Crippen molar-refractivity contribution in [3.05, 3.63) is 29.3 Å². The summed E-state index contributed by atoms with van der Waals surface area (Å²) in [4.78, 5) is 1.12. The van der Waals surface area contributed by atoms with Crippen LogP contribution in [0.4, 0.5) is 0 Å². The van der Waals surface area contributed by atoms with E-state index in [9.17, 15) is 0 Å². The Balaban J connectivity index is 2.44. The molecule has 0 spiro atoms. The van der Waals surface area contributed by atoms with Crippen molar-refractivity contribution in [2.75, 3.05) is 19.3 Å². The third-order valence-corrected chi connectivity index (χ3v) is 9.24. The molecule has 0 amide bonds. The van der Waals surface area contributed by atoms with Crippen molar-refractivity contribution in [3.63, 3.8) is 0 Å². The van der Waals surface area contributed by atoms with Crippen LogP contribution in [-0.4, -0.2) is 19.3 Å². The molecule has 16 heavy (non-hydrogen) atoms. The molecule has 0 saturated carbocycles. The van der Waals surface area contributed by atoms with Crippen LogP contribution in [0, 0.1) is 0 Å². The van der Waals surface area contributed by atoms with E-state index >= 15 is 0 Å². The fraction of sp³-hybridized carbons (Fsp3) is 0.333. The molecular weight excluding hydrogens is 303 g/mol. The van der Waals surface area contributed by atoms with Crippen LogP contribution in [0.25, 0.3) is 0 Å². The number of benzene rings is 1. The Bertz CT molecular complexity index is 381. The number of rotatable bonds is 6. The van der Waals surface area contributed by atoms with Crippen molar-refractivity contribution in [2.24, 2.45) is 0 Å². The van der Waals surface area contributed by atoms with Gasteiger partial charge in [0.05, 0.1) is 5.08 Å². The van der Waals surface area contributed by atoms with Crippen molar-refractivity contribution in [2.45, 2.75) is 4.90 Å². The zero-order valence-corrected chi connectivity index (χ0v) is 13.0. The fourth-order valence-electron chi connectivity index (χ4n) is 0.896. The number of halogens is 1. The molecule has 0 atom stereocenters. The molecule has 0 aliphatic rings. The topological polar surface area (TPSA) is 18.5 Å². The normalized spacial score (nSPS) is 11.7. The standard InChI is InChI=1S/C9H12ClO2PS3/c1-11-13(14,12-2)16-7-15-9-5-3-4-8(10)6-9/h3-6H,7H2,1-2H3. The van der Waals surface area contributed by atoms with Crippen LogP contribution in [0.15, 0.2) is 29.2 Å².